The molecule has 0 saturated heterocycles. The number of carbonyl (C=O) groups excluding carboxylic acids is 2. The number of nitrogens with zero attached hydrogens (tertiary/aromatic N) is 2. The molecule has 0 bridgehead atoms. The van der Waals surface area contributed by atoms with Crippen LogP contribution in [0.4, 0.5) is 4.39 Å². The van der Waals surface area contributed by atoms with E-state index in [1.807, 2.05) is 31.2 Å². The minimum Gasteiger partial charge on any atom is -0.355 e. The second kappa shape index (κ2) is 10.5. The number of fused-ring (bicyclic) bond motifs is 2. The monoisotopic (exact) mass is 542 g/mol. The highest BCUT2D eigenvalue weighted by atomic mass is 19.1. The van der Waals surface area contributed by atoms with Crippen LogP contribution in [0, 0.1) is 5.82 Å². The summed E-state index contributed by atoms with van der Waals surface area (Å²) < 4.78 is 14.8. The van der Waals surface area contributed by atoms with E-state index in [9.17, 15) is 18.8 Å². The lowest BCUT2D eigenvalue weighted by molar-refractivity contribution is 0.0955. The van der Waals surface area contributed by atoms with E-state index in [0.29, 0.717) is 41.9 Å². The Labute approximate surface area is 230 Å². The molecule has 10 heteroatoms. The Balaban J connectivity index is 1.83. The van der Waals surface area contributed by atoms with Gasteiger partial charge in [-0.05, 0) is 97.0 Å². The number of aromatic amines is 1. The van der Waals surface area contributed by atoms with E-state index in [0.717, 1.165) is 22.3 Å². The normalized spacial score (nSPS) is 14.4. The topological polar surface area (TPSA) is 135 Å². The largest absolute Gasteiger partial charge is 0.355 e. The molecule has 5 rings (SSSR count). The zero-order valence-electron chi connectivity index (χ0n) is 22.5. The molecule has 0 saturated carbocycles. The number of H-pyrrole nitrogens is 1. The van der Waals surface area contributed by atoms with Crippen molar-refractivity contribution < 1.29 is 14.0 Å². The summed E-state index contributed by atoms with van der Waals surface area (Å²) in [5, 5.41) is 10.1. The molecule has 0 spiro atoms. The number of benzene rings is 3. The lowest BCUT2D eigenvalue weighted by Crippen LogP contribution is -2.38. The maximum atomic E-state index is 13.6. The van der Waals surface area contributed by atoms with Gasteiger partial charge in [0.1, 0.15) is 11.6 Å². The molecule has 1 atom stereocenters. The number of halogens is 1. The molecule has 1 heterocycles. The minimum atomic E-state index is -1.01. The third-order valence-electron chi connectivity index (χ3n) is 7.49. The van der Waals surface area contributed by atoms with Crippen LogP contribution in [-0.2, 0) is 18.3 Å². The fourth-order valence-corrected chi connectivity index (χ4v) is 5.75. The number of hydrogen-bond donors (Lipinski definition) is 4. The smallest absolute Gasteiger partial charge is 0.348 e. The van der Waals surface area contributed by atoms with E-state index >= 15 is 0 Å². The predicted octanol–water partition coefficient (Wildman–Crippen LogP) is 2.59. The number of nitrogens with two attached hydrogens (primary N) is 1. The number of amides is 2. The van der Waals surface area contributed by atoms with Crippen molar-refractivity contribution in [2.24, 2.45) is 5.73 Å². The third-order valence-corrected chi connectivity index (χ3v) is 7.49. The Morgan fingerprint density at radius 1 is 0.975 bits per heavy atom. The molecule has 40 heavy (non-hydrogen) atoms. The fourth-order valence-electron chi connectivity index (χ4n) is 5.75. The van der Waals surface area contributed by atoms with E-state index in [1.54, 1.807) is 26.2 Å². The van der Waals surface area contributed by atoms with Gasteiger partial charge < -0.3 is 16.4 Å². The molecule has 4 aromatic rings. The summed E-state index contributed by atoms with van der Waals surface area (Å²) in [4.78, 5) is 41.3. The van der Waals surface area contributed by atoms with Gasteiger partial charge in [-0.15, -0.1) is 5.10 Å². The van der Waals surface area contributed by atoms with Gasteiger partial charge in [0.2, 0.25) is 0 Å². The molecule has 0 unspecified atom stereocenters. The molecule has 206 valence electrons. The van der Waals surface area contributed by atoms with Crippen molar-refractivity contribution >= 4 is 11.8 Å². The van der Waals surface area contributed by atoms with Crippen LogP contribution in [0.15, 0.2) is 65.5 Å². The molecule has 1 aliphatic rings. The average molecular weight is 543 g/mol. The highest BCUT2D eigenvalue weighted by Gasteiger charge is 2.45. The van der Waals surface area contributed by atoms with Gasteiger partial charge in [-0.1, -0.05) is 12.1 Å². The number of carbonyl (C=O) groups is 2. The van der Waals surface area contributed by atoms with Crippen LogP contribution >= 0.6 is 0 Å². The molecule has 1 aliphatic carbocycles. The lowest BCUT2D eigenvalue weighted by Gasteiger charge is -2.36. The molecule has 0 radical (unpaired) electrons. The summed E-state index contributed by atoms with van der Waals surface area (Å²) in [6, 6.07) is 16.2. The van der Waals surface area contributed by atoms with E-state index in [4.69, 9.17) is 10.8 Å². The van der Waals surface area contributed by atoms with Crippen LogP contribution < -0.4 is 22.1 Å². The maximum absolute atomic E-state index is 13.6. The van der Waals surface area contributed by atoms with Crippen LogP contribution in [0.2, 0.25) is 0 Å². The second-order valence-electron chi connectivity index (χ2n) is 10.2. The van der Waals surface area contributed by atoms with Gasteiger partial charge in [0.15, 0.2) is 0 Å². The molecule has 9 nitrogen and oxygen atoms in total. The highest BCUT2D eigenvalue weighted by molar-refractivity contribution is 5.95. The quantitative estimate of drug-likeness (QED) is 0.297. The number of rotatable bonds is 6. The third kappa shape index (κ3) is 4.60. The van der Waals surface area contributed by atoms with Crippen LogP contribution in [-0.4, -0.2) is 46.7 Å². The Kier molecular flexibility index (Phi) is 7.12. The number of nitrogens with one attached hydrogen (secondary N) is 3. The van der Waals surface area contributed by atoms with Crippen molar-refractivity contribution in [3.05, 3.63) is 116 Å². The first kappa shape index (κ1) is 27.0. The van der Waals surface area contributed by atoms with Crippen molar-refractivity contribution in [1.29, 1.82) is 0 Å². The minimum absolute atomic E-state index is 0.210. The van der Waals surface area contributed by atoms with Gasteiger partial charge in [0.25, 0.3) is 11.8 Å². The molecule has 5 N–H and O–H groups in total. The van der Waals surface area contributed by atoms with Crippen LogP contribution in [0.1, 0.15) is 62.1 Å². The van der Waals surface area contributed by atoms with E-state index in [1.165, 1.54) is 28.9 Å². The van der Waals surface area contributed by atoms with Gasteiger partial charge >= 0.3 is 5.69 Å². The summed E-state index contributed by atoms with van der Waals surface area (Å²) in [7, 11) is 3.16. The molecular weight excluding hydrogens is 511 g/mol. The standard InChI is InChI=1S/C30H31FN6O3/c1-17(32)16-30(28-35-29(40)37(36-28)23-10-8-22(31)9-11-23)24-12-6-20(26(38)33-2)14-18(24)4-5-19-15-21(27(39)34-3)7-13-25(19)30/h6-15,17H,4-5,16,32H2,1-3H3,(H,33,38)(H,34,39)(H,35,36,40)/t17-/m1/s1. The van der Waals surface area contributed by atoms with Crippen LogP contribution in [0.3, 0.4) is 0 Å². The molecule has 3 aromatic carbocycles. The molecule has 0 fully saturated rings. The van der Waals surface area contributed by atoms with Crippen molar-refractivity contribution in [3.63, 3.8) is 0 Å². The van der Waals surface area contributed by atoms with Crippen molar-refractivity contribution in [2.75, 3.05) is 14.1 Å². The highest BCUT2D eigenvalue weighted by Crippen LogP contribution is 2.46. The zero-order valence-corrected chi connectivity index (χ0v) is 22.5. The first-order valence-electron chi connectivity index (χ1n) is 13.1. The van der Waals surface area contributed by atoms with Crippen molar-refractivity contribution in [1.82, 2.24) is 25.4 Å². The van der Waals surface area contributed by atoms with Gasteiger partial charge in [-0.2, -0.15) is 4.68 Å². The van der Waals surface area contributed by atoms with Gasteiger partial charge in [-0.25, -0.2) is 9.18 Å². The molecule has 0 aliphatic heterocycles. The number of aryl methyl sites for hydroxylation is 2. The Morgan fingerprint density at radius 3 is 1.98 bits per heavy atom. The summed E-state index contributed by atoms with van der Waals surface area (Å²) in [5.74, 6) is -0.480. The van der Waals surface area contributed by atoms with E-state index < -0.39 is 16.9 Å². The lowest BCUT2D eigenvalue weighted by atomic mass is 9.68. The van der Waals surface area contributed by atoms with Gasteiger partial charge in [0, 0.05) is 31.3 Å². The van der Waals surface area contributed by atoms with Crippen LogP contribution in [0.5, 0.6) is 0 Å². The van der Waals surface area contributed by atoms with Gasteiger partial charge in [0.05, 0.1) is 11.1 Å². The number of aromatic nitrogens is 3. The second-order valence-corrected chi connectivity index (χ2v) is 10.2. The maximum Gasteiger partial charge on any atom is 0.348 e. The first-order valence-corrected chi connectivity index (χ1v) is 13.1. The summed E-state index contributed by atoms with van der Waals surface area (Å²) in [5.41, 5.74) is 9.98. The van der Waals surface area contributed by atoms with Crippen LogP contribution in [0.25, 0.3) is 5.69 Å². The van der Waals surface area contributed by atoms with Crippen molar-refractivity contribution in [3.8, 4) is 5.69 Å². The van der Waals surface area contributed by atoms with E-state index in [-0.39, 0.29) is 17.9 Å². The molecule has 2 amide bonds. The Morgan fingerprint density at radius 2 is 1.50 bits per heavy atom. The predicted molar refractivity (Wildman–Crippen MR) is 149 cm³/mol. The first-order chi connectivity index (χ1) is 19.2. The summed E-state index contributed by atoms with van der Waals surface area (Å²) in [6.45, 7) is 1.89. The molecular formula is C30H31FN6O3. The zero-order chi connectivity index (χ0) is 28.6. The SMILES string of the molecule is CNC(=O)c1ccc2c(c1)CCc1cc(C(=O)NC)ccc1C2(C[C@@H](C)N)c1nn(-c2ccc(F)cc2)c(=O)[nH]1. The summed E-state index contributed by atoms with van der Waals surface area (Å²) >= 11 is 0. The molecule has 1 aromatic heterocycles. The number of hydrogen-bond acceptors (Lipinski definition) is 5. The Bertz CT molecular complexity index is 1590. The average Bonchev–Trinajstić information content (AvgIpc) is 3.29. The van der Waals surface area contributed by atoms with Crippen molar-refractivity contribution in [2.45, 2.75) is 37.6 Å². The Hall–Kier alpha value is -4.57. The summed E-state index contributed by atoms with van der Waals surface area (Å²) in [6.07, 6.45) is 1.56. The fraction of sp³-hybridized carbons (Fsp3) is 0.267. The van der Waals surface area contributed by atoms with Gasteiger partial charge in [-0.3, -0.25) is 14.6 Å². The van der Waals surface area contributed by atoms with E-state index in [2.05, 4.69) is 15.6 Å².